The molecular formula is C21H17ClN2O4. The fourth-order valence-electron chi connectivity index (χ4n) is 3.34. The van der Waals surface area contributed by atoms with E-state index in [1.54, 1.807) is 53.4 Å². The molecule has 0 aliphatic carbocycles. The molecule has 4 rings (SSSR count). The van der Waals surface area contributed by atoms with Gasteiger partial charge in [0.15, 0.2) is 0 Å². The molecule has 0 spiro atoms. The van der Waals surface area contributed by atoms with Crippen molar-refractivity contribution in [3.8, 4) is 0 Å². The van der Waals surface area contributed by atoms with Crippen LogP contribution in [0.5, 0.6) is 0 Å². The van der Waals surface area contributed by atoms with E-state index in [0.29, 0.717) is 35.5 Å². The Kier molecular flexibility index (Phi) is 4.88. The van der Waals surface area contributed by atoms with Crippen LogP contribution in [0.1, 0.15) is 16.8 Å². The zero-order valence-electron chi connectivity index (χ0n) is 14.9. The summed E-state index contributed by atoms with van der Waals surface area (Å²) in [7, 11) is 0. The Labute approximate surface area is 165 Å². The normalized spacial score (nSPS) is 16.5. The third-order valence-corrected chi connectivity index (χ3v) is 5.03. The number of hydrogen-bond donors (Lipinski definition) is 1. The van der Waals surface area contributed by atoms with Crippen LogP contribution in [0.25, 0.3) is 11.0 Å². The summed E-state index contributed by atoms with van der Waals surface area (Å²) >= 11 is 5.89. The Bertz CT molecular complexity index is 1110. The molecule has 6 nitrogen and oxygen atoms in total. The molecule has 2 aromatic carbocycles. The van der Waals surface area contributed by atoms with Crippen molar-refractivity contribution in [3.05, 3.63) is 75.6 Å². The predicted octanol–water partition coefficient (Wildman–Crippen LogP) is 3.23. The first kappa shape index (κ1) is 18.3. The fraction of sp³-hybridized carbons (Fsp3) is 0.190. The third-order valence-electron chi connectivity index (χ3n) is 4.78. The molecule has 7 heteroatoms. The highest BCUT2D eigenvalue weighted by molar-refractivity contribution is 6.30. The van der Waals surface area contributed by atoms with Gasteiger partial charge >= 0.3 is 5.63 Å². The van der Waals surface area contributed by atoms with Crippen LogP contribution in [-0.4, -0.2) is 24.9 Å². The molecule has 1 aliphatic rings. The highest BCUT2D eigenvalue weighted by atomic mass is 35.5. The van der Waals surface area contributed by atoms with Crippen molar-refractivity contribution >= 4 is 40.1 Å². The molecule has 1 unspecified atom stereocenters. The van der Waals surface area contributed by atoms with Gasteiger partial charge in [-0.15, -0.1) is 0 Å². The van der Waals surface area contributed by atoms with E-state index in [1.165, 1.54) is 6.07 Å². The minimum absolute atomic E-state index is 0.00760. The number of nitrogens with one attached hydrogen (secondary N) is 1. The van der Waals surface area contributed by atoms with Crippen LogP contribution in [-0.2, 0) is 4.79 Å². The molecular weight excluding hydrogens is 380 g/mol. The van der Waals surface area contributed by atoms with Gasteiger partial charge < -0.3 is 14.6 Å². The van der Waals surface area contributed by atoms with Gasteiger partial charge in [0, 0.05) is 41.5 Å². The van der Waals surface area contributed by atoms with Crippen LogP contribution in [0.15, 0.2) is 63.8 Å². The van der Waals surface area contributed by atoms with E-state index < -0.39 is 11.5 Å². The minimum Gasteiger partial charge on any atom is -0.422 e. The number of amides is 2. The number of carbonyl (C=O) groups excluding carboxylic acids is 2. The minimum atomic E-state index is -0.679. The maximum absolute atomic E-state index is 12.5. The number of anilines is 1. The molecule has 28 heavy (non-hydrogen) atoms. The molecule has 2 amide bonds. The van der Waals surface area contributed by atoms with Gasteiger partial charge in [-0.2, -0.15) is 0 Å². The lowest BCUT2D eigenvalue weighted by molar-refractivity contribution is -0.117. The standard InChI is InChI=1S/C21H17ClN2O4/c22-15-5-7-16(8-6-15)24-12-13(9-19(24)25)11-23-20(26)17-10-14-3-1-2-4-18(14)28-21(17)27/h1-8,10,13H,9,11-12H2,(H,23,26). The summed E-state index contributed by atoms with van der Waals surface area (Å²) in [5, 5.41) is 4.03. The van der Waals surface area contributed by atoms with E-state index in [1.807, 2.05) is 0 Å². The van der Waals surface area contributed by atoms with E-state index in [2.05, 4.69) is 5.32 Å². The molecule has 2 heterocycles. The molecule has 3 aromatic rings. The molecule has 1 fully saturated rings. The molecule has 1 saturated heterocycles. The van der Waals surface area contributed by atoms with E-state index in [0.717, 1.165) is 5.69 Å². The van der Waals surface area contributed by atoms with Crippen molar-refractivity contribution < 1.29 is 14.0 Å². The maximum Gasteiger partial charge on any atom is 0.349 e. The number of benzene rings is 2. The zero-order valence-corrected chi connectivity index (χ0v) is 15.6. The van der Waals surface area contributed by atoms with Gasteiger partial charge in [-0.05, 0) is 36.4 Å². The highest BCUT2D eigenvalue weighted by Crippen LogP contribution is 2.26. The number of carbonyl (C=O) groups is 2. The van der Waals surface area contributed by atoms with Gasteiger partial charge in [0.05, 0.1) is 0 Å². The van der Waals surface area contributed by atoms with Gasteiger partial charge in [-0.25, -0.2) is 4.79 Å². The Morgan fingerprint density at radius 3 is 2.68 bits per heavy atom. The molecule has 1 aliphatic heterocycles. The first-order chi connectivity index (χ1) is 13.5. The van der Waals surface area contributed by atoms with Crippen molar-refractivity contribution in [1.29, 1.82) is 0 Å². The average Bonchev–Trinajstić information content (AvgIpc) is 3.07. The van der Waals surface area contributed by atoms with Crippen molar-refractivity contribution in [2.75, 3.05) is 18.0 Å². The first-order valence-electron chi connectivity index (χ1n) is 8.88. The van der Waals surface area contributed by atoms with Crippen molar-refractivity contribution in [2.24, 2.45) is 5.92 Å². The van der Waals surface area contributed by atoms with Gasteiger partial charge in [0.25, 0.3) is 5.91 Å². The van der Waals surface area contributed by atoms with Crippen LogP contribution in [0.4, 0.5) is 5.69 Å². The first-order valence-corrected chi connectivity index (χ1v) is 9.26. The summed E-state index contributed by atoms with van der Waals surface area (Å²) in [6.45, 7) is 0.786. The van der Waals surface area contributed by atoms with Crippen molar-refractivity contribution in [1.82, 2.24) is 5.32 Å². The molecule has 1 atom stereocenters. The van der Waals surface area contributed by atoms with E-state index in [-0.39, 0.29) is 17.4 Å². The summed E-state index contributed by atoms with van der Waals surface area (Å²) in [6.07, 6.45) is 0.329. The van der Waals surface area contributed by atoms with Crippen molar-refractivity contribution in [2.45, 2.75) is 6.42 Å². The highest BCUT2D eigenvalue weighted by Gasteiger charge is 2.31. The summed E-state index contributed by atoms with van der Waals surface area (Å²) in [6, 6.07) is 15.6. The van der Waals surface area contributed by atoms with E-state index in [9.17, 15) is 14.4 Å². The van der Waals surface area contributed by atoms with E-state index in [4.69, 9.17) is 16.0 Å². The number of para-hydroxylation sites is 1. The average molecular weight is 397 g/mol. The number of nitrogens with zero attached hydrogens (tertiary/aromatic N) is 1. The molecule has 1 N–H and O–H groups in total. The fourth-order valence-corrected chi connectivity index (χ4v) is 3.47. The van der Waals surface area contributed by atoms with Crippen LogP contribution in [0.2, 0.25) is 5.02 Å². The largest absolute Gasteiger partial charge is 0.422 e. The molecule has 1 aromatic heterocycles. The van der Waals surface area contributed by atoms with E-state index >= 15 is 0 Å². The Morgan fingerprint density at radius 1 is 1.14 bits per heavy atom. The second-order valence-corrected chi connectivity index (χ2v) is 7.18. The number of hydrogen-bond acceptors (Lipinski definition) is 4. The second kappa shape index (κ2) is 7.48. The van der Waals surface area contributed by atoms with Gasteiger partial charge in [-0.3, -0.25) is 9.59 Å². The Balaban J connectivity index is 1.43. The summed E-state index contributed by atoms with van der Waals surface area (Å²) in [5.74, 6) is -0.552. The van der Waals surface area contributed by atoms with Crippen molar-refractivity contribution in [3.63, 3.8) is 0 Å². The van der Waals surface area contributed by atoms with Crippen LogP contribution < -0.4 is 15.8 Å². The van der Waals surface area contributed by atoms with Gasteiger partial charge in [-0.1, -0.05) is 29.8 Å². The molecule has 0 saturated carbocycles. The molecule has 0 radical (unpaired) electrons. The lowest BCUT2D eigenvalue weighted by Gasteiger charge is -2.17. The topological polar surface area (TPSA) is 79.6 Å². The number of halogens is 1. The van der Waals surface area contributed by atoms with Crippen LogP contribution in [0, 0.1) is 5.92 Å². The number of rotatable bonds is 4. The van der Waals surface area contributed by atoms with Crippen LogP contribution >= 0.6 is 11.6 Å². The number of fused-ring (bicyclic) bond motifs is 1. The SMILES string of the molecule is O=C(NCC1CC(=O)N(c2ccc(Cl)cc2)C1)c1cc2ccccc2oc1=O. The Morgan fingerprint density at radius 2 is 1.89 bits per heavy atom. The lowest BCUT2D eigenvalue weighted by atomic mass is 10.1. The smallest absolute Gasteiger partial charge is 0.349 e. The summed E-state index contributed by atoms with van der Waals surface area (Å²) < 4.78 is 5.20. The quantitative estimate of drug-likeness (QED) is 0.686. The zero-order chi connectivity index (χ0) is 19.7. The predicted molar refractivity (Wildman–Crippen MR) is 107 cm³/mol. The maximum atomic E-state index is 12.5. The second-order valence-electron chi connectivity index (χ2n) is 6.75. The summed E-state index contributed by atoms with van der Waals surface area (Å²) in [5.41, 5.74) is 0.488. The Hall–Kier alpha value is -3.12. The summed E-state index contributed by atoms with van der Waals surface area (Å²) in [4.78, 5) is 38.5. The van der Waals surface area contributed by atoms with Gasteiger partial charge in [0.2, 0.25) is 5.91 Å². The monoisotopic (exact) mass is 396 g/mol. The van der Waals surface area contributed by atoms with Gasteiger partial charge in [0.1, 0.15) is 11.1 Å². The third kappa shape index (κ3) is 3.64. The molecule has 142 valence electrons. The molecule has 0 bridgehead atoms. The van der Waals surface area contributed by atoms with Crippen LogP contribution in [0.3, 0.4) is 0 Å². The lowest BCUT2D eigenvalue weighted by Crippen LogP contribution is -2.33.